The van der Waals surface area contributed by atoms with Crippen LogP contribution in [-0.4, -0.2) is 22.5 Å². The van der Waals surface area contributed by atoms with E-state index < -0.39 is 18.0 Å². The maximum atomic E-state index is 13.3. The Balaban J connectivity index is 2.15. The van der Waals surface area contributed by atoms with E-state index in [0.29, 0.717) is 23.0 Å². The summed E-state index contributed by atoms with van der Waals surface area (Å²) < 4.78 is 13.3. The molecule has 0 spiro atoms. The van der Waals surface area contributed by atoms with Crippen LogP contribution in [0, 0.1) is 5.95 Å². The van der Waals surface area contributed by atoms with Crippen LogP contribution in [-0.2, 0) is 6.42 Å². The minimum Gasteiger partial charge on any atom is -0.351 e. The number of aromatic nitrogens is 1. The van der Waals surface area contributed by atoms with Crippen LogP contribution < -0.4 is 5.73 Å². The second kappa shape index (κ2) is 5.74. The molecule has 0 fully saturated rings. The van der Waals surface area contributed by atoms with Crippen molar-refractivity contribution in [1.82, 2.24) is 9.88 Å². The Labute approximate surface area is 136 Å². The molecule has 1 aliphatic rings. The van der Waals surface area contributed by atoms with Crippen molar-refractivity contribution in [3.8, 4) is 0 Å². The van der Waals surface area contributed by atoms with Crippen LogP contribution in [0.25, 0.3) is 0 Å². The monoisotopic (exact) mass is 339 g/mol. The summed E-state index contributed by atoms with van der Waals surface area (Å²) in [6, 6.07) is 5.49. The van der Waals surface area contributed by atoms with Crippen LogP contribution >= 0.6 is 23.2 Å². The topological polar surface area (TPSA) is 59.2 Å². The minimum absolute atomic E-state index is 0.380. The number of fused-ring (bicyclic) bond motifs is 1. The highest BCUT2D eigenvalue weighted by molar-refractivity contribution is 6.42. The van der Waals surface area contributed by atoms with Crippen molar-refractivity contribution in [1.29, 1.82) is 0 Å². The Bertz CT molecular complexity index is 754. The summed E-state index contributed by atoms with van der Waals surface area (Å²) in [5.74, 6) is -0.542. The number of amides is 2. The largest absolute Gasteiger partial charge is 0.351 e. The molecule has 0 radical (unpaired) electrons. The molecule has 1 atom stereocenters. The first-order valence-corrected chi connectivity index (χ1v) is 7.38. The predicted molar refractivity (Wildman–Crippen MR) is 82.5 cm³/mol. The summed E-state index contributed by atoms with van der Waals surface area (Å²) in [6.45, 7) is 0.400. The fourth-order valence-electron chi connectivity index (χ4n) is 2.76. The molecule has 1 aromatic heterocycles. The first kappa shape index (κ1) is 15.1. The van der Waals surface area contributed by atoms with E-state index in [1.54, 1.807) is 18.2 Å². The van der Waals surface area contributed by atoms with Gasteiger partial charge in [-0.1, -0.05) is 29.3 Å². The molecule has 0 bridgehead atoms. The molecule has 2 heterocycles. The standard InChI is InChI=1S/C15H12Cl2FN3O/c16-11-2-1-9(5-12(11)17)14-10-7-20-13(18)6-8(10)3-4-21(14)15(19)22/h1-2,5-7,14H,3-4H2,(H2,19,22). The zero-order valence-electron chi connectivity index (χ0n) is 11.4. The lowest BCUT2D eigenvalue weighted by atomic mass is 9.90. The summed E-state index contributed by atoms with van der Waals surface area (Å²) in [5.41, 5.74) is 7.78. The molecule has 4 nitrogen and oxygen atoms in total. The molecule has 114 valence electrons. The van der Waals surface area contributed by atoms with Crippen molar-refractivity contribution < 1.29 is 9.18 Å². The number of primary amides is 1. The lowest BCUT2D eigenvalue weighted by Crippen LogP contribution is -2.43. The average Bonchev–Trinajstić information content (AvgIpc) is 2.48. The lowest BCUT2D eigenvalue weighted by molar-refractivity contribution is 0.189. The van der Waals surface area contributed by atoms with Gasteiger partial charge in [0, 0.05) is 18.3 Å². The number of nitrogens with two attached hydrogens (primary N) is 1. The van der Waals surface area contributed by atoms with E-state index in [1.807, 2.05) is 0 Å². The van der Waals surface area contributed by atoms with Gasteiger partial charge in [-0.15, -0.1) is 0 Å². The van der Waals surface area contributed by atoms with Crippen molar-refractivity contribution in [2.24, 2.45) is 5.73 Å². The molecular formula is C15H12Cl2FN3O. The predicted octanol–water partition coefficient (Wildman–Crippen LogP) is 3.55. The fraction of sp³-hybridized carbons (Fsp3) is 0.200. The molecular weight excluding hydrogens is 328 g/mol. The SMILES string of the molecule is NC(=O)N1CCc2cc(F)ncc2C1c1ccc(Cl)c(Cl)c1. The van der Waals surface area contributed by atoms with Gasteiger partial charge in [0.05, 0.1) is 16.1 Å². The van der Waals surface area contributed by atoms with Crippen LogP contribution in [0.2, 0.25) is 10.0 Å². The molecule has 2 amide bonds. The second-order valence-corrected chi connectivity index (χ2v) is 5.88. The molecule has 3 rings (SSSR count). The molecule has 2 N–H and O–H groups in total. The molecule has 22 heavy (non-hydrogen) atoms. The van der Waals surface area contributed by atoms with E-state index in [1.165, 1.54) is 17.2 Å². The molecule has 0 saturated carbocycles. The van der Waals surface area contributed by atoms with Gasteiger partial charge in [0.15, 0.2) is 0 Å². The van der Waals surface area contributed by atoms with Gasteiger partial charge in [0.1, 0.15) is 0 Å². The number of carbonyl (C=O) groups excluding carboxylic acids is 1. The van der Waals surface area contributed by atoms with Crippen LogP contribution in [0.1, 0.15) is 22.7 Å². The smallest absolute Gasteiger partial charge is 0.315 e. The number of carbonyl (C=O) groups is 1. The highest BCUT2D eigenvalue weighted by Gasteiger charge is 2.31. The van der Waals surface area contributed by atoms with Gasteiger partial charge in [0.2, 0.25) is 5.95 Å². The van der Waals surface area contributed by atoms with Gasteiger partial charge in [-0.3, -0.25) is 0 Å². The van der Waals surface area contributed by atoms with E-state index in [4.69, 9.17) is 28.9 Å². The number of pyridine rings is 1. The van der Waals surface area contributed by atoms with Crippen LogP contribution in [0.4, 0.5) is 9.18 Å². The highest BCUT2D eigenvalue weighted by Crippen LogP contribution is 2.37. The van der Waals surface area contributed by atoms with Crippen LogP contribution in [0.15, 0.2) is 30.5 Å². The quantitative estimate of drug-likeness (QED) is 0.807. The number of halogens is 3. The van der Waals surface area contributed by atoms with Gasteiger partial charge >= 0.3 is 6.03 Å². The van der Waals surface area contributed by atoms with Crippen molar-refractivity contribution in [3.63, 3.8) is 0 Å². The molecule has 7 heteroatoms. The number of hydrogen-bond acceptors (Lipinski definition) is 2. The van der Waals surface area contributed by atoms with E-state index in [-0.39, 0.29) is 0 Å². The molecule has 1 aliphatic heterocycles. The van der Waals surface area contributed by atoms with E-state index >= 15 is 0 Å². The highest BCUT2D eigenvalue weighted by atomic mass is 35.5. The van der Waals surface area contributed by atoms with Gasteiger partial charge in [0.25, 0.3) is 0 Å². The summed E-state index contributed by atoms with van der Waals surface area (Å²) in [5, 5.41) is 0.801. The van der Waals surface area contributed by atoms with Gasteiger partial charge < -0.3 is 10.6 Å². The Morgan fingerprint density at radius 1 is 1.32 bits per heavy atom. The first-order chi connectivity index (χ1) is 10.5. The lowest BCUT2D eigenvalue weighted by Gasteiger charge is -2.36. The number of benzene rings is 1. The van der Waals surface area contributed by atoms with E-state index in [0.717, 1.165) is 16.7 Å². The van der Waals surface area contributed by atoms with E-state index in [9.17, 15) is 9.18 Å². The third-order valence-electron chi connectivity index (χ3n) is 3.76. The van der Waals surface area contributed by atoms with Crippen molar-refractivity contribution in [2.45, 2.75) is 12.5 Å². The Morgan fingerprint density at radius 2 is 2.09 bits per heavy atom. The third-order valence-corrected chi connectivity index (χ3v) is 4.50. The maximum absolute atomic E-state index is 13.3. The van der Waals surface area contributed by atoms with Gasteiger partial charge in [-0.25, -0.2) is 9.78 Å². The van der Waals surface area contributed by atoms with Crippen LogP contribution in [0.5, 0.6) is 0 Å². The first-order valence-electron chi connectivity index (χ1n) is 6.62. The molecule has 2 aromatic rings. The normalized spacial score (nSPS) is 17.2. The number of nitrogens with zero attached hydrogens (tertiary/aromatic N) is 2. The average molecular weight is 340 g/mol. The van der Waals surface area contributed by atoms with Crippen molar-refractivity contribution in [2.75, 3.05) is 6.54 Å². The fourth-order valence-corrected chi connectivity index (χ4v) is 3.07. The third kappa shape index (κ3) is 2.62. The minimum atomic E-state index is -0.550. The van der Waals surface area contributed by atoms with Gasteiger partial charge in [-0.2, -0.15) is 4.39 Å². The molecule has 1 aromatic carbocycles. The second-order valence-electron chi connectivity index (χ2n) is 5.06. The number of urea groups is 1. The zero-order valence-corrected chi connectivity index (χ0v) is 12.9. The summed E-state index contributed by atoms with van der Waals surface area (Å²) in [7, 11) is 0. The Hall–Kier alpha value is -1.85. The summed E-state index contributed by atoms with van der Waals surface area (Å²) in [6.07, 6.45) is 1.96. The Kier molecular flexibility index (Phi) is 3.93. The molecule has 0 aliphatic carbocycles. The zero-order chi connectivity index (χ0) is 15.9. The summed E-state index contributed by atoms with van der Waals surface area (Å²) >= 11 is 12.0. The summed E-state index contributed by atoms with van der Waals surface area (Å²) in [4.78, 5) is 17.0. The molecule has 0 saturated heterocycles. The van der Waals surface area contributed by atoms with Crippen LogP contribution in [0.3, 0.4) is 0 Å². The van der Waals surface area contributed by atoms with Gasteiger partial charge in [-0.05, 0) is 35.7 Å². The van der Waals surface area contributed by atoms with E-state index in [2.05, 4.69) is 4.98 Å². The molecule has 1 unspecified atom stereocenters. The number of rotatable bonds is 1. The van der Waals surface area contributed by atoms with Crippen molar-refractivity contribution in [3.05, 3.63) is 63.1 Å². The Morgan fingerprint density at radius 3 is 2.77 bits per heavy atom. The van der Waals surface area contributed by atoms with Crippen molar-refractivity contribution >= 4 is 29.2 Å². The number of hydrogen-bond donors (Lipinski definition) is 1. The maximum Gasteiger partial charge on any atom is 0.315 e.